The molecule has 1 atom stereocenters. The minimum Gasteiger partial charge on any atom is -0.271 e. The maximum absolute atomic E-state index is 5.74. The fourth-order valence-corrected chi connectivity index (χ4v) is 2.97. The molecule has 2 rings (SSSR count). The standard InChI is InChI=1S/C16H23BrN4/c1-3-21-15(16(17)12(2)20-21)11-14(19-18)10-9-13-7-5-4-6-8-13/h4-8,14,19H,3,9-11,18H2,1-2H3. The molecule has 0 aliphatic carbocycles. The van der Waals surface area contributed by atoms with Crippen LogP contribution in [0.3, 0.4) is 0 Å². The van der Waals surface area contributed by atoms with E-state index in [4.69, 9.17) is 5.84 Å². The number of hydrazine groups is 1. The lowest BCUT2D eigenvalue weighted by atomic mass is 10.0. The minimum atomic E-state index is 0.239. The second-order valence-corrected chi connectivity index (χ2v) is 6.05. The molecule has 4 nitrogen and oxygen atoms in total. The summed E-state index contributed by atoms with van der Waals surface area (Å²) in [4.78, 5) is 0. The number of rotatable bonds is 7. The first kappa shape index (κ1) is 16.2. The highest BCUT2D eigenvalue weighted by Gasteiger charge is 2.16. The summed E-state index contributed by atoms with van der Waals surface area (Å²) >= 11 is 3.64. The van der Waals surface area contributed by atoms with Gasteiger partial charge in [0.05, 0.1) is 15.9 Å². The predicted molar refractivity (Wildman–Crippen MR) is 89.9 cm³/mol. The van der Waals surface area contributed by atoms with Gasteiger partial charge < -0.3 is 0 Å². The van der Waals surface area contributed by atoms with Crippen LogP contribution in [-0.4, -0.2) is 15.8 Å². The van der Waals surface area contributed by atoms with Crippen LogP contribution in [0.1, 0.15) is 30.3 Å². The number of nitrogens with two attached hydrogens (primary N) is 1. The molecule has 3 N–H and O–H groups in total. The zero-order chi connectivity index (χ0) is 15.2. The Morgan fingerprint density at radius 1 is 1.33 bits per heavy atom. The number of nitrogens with one attached hydrogen (secondary N) is 1. The molecule has 0 spiro atoms. The molecule has 0 amide bonds. The minimum absolute atomic E-state index is 0.239. The Bertz CT molecular complexity index is 565. The molecule has 0 fully saturated rings. The van der Waals surface area contributed by atoms with Crippen LogP contribution >= 0.6 is 15.9 Å². The first-order chi connectivity index (χ1) is 10.2. The lowest BCUT2D eigenvalue weighted by Gasteiger charge is -2.17. The third-order valence-corrected chi connectivity index (χ3v) is 4.78. The molecule has 5 heteroatoms. The van der Waals surface area contributed by atoms with E-state index < -0.39 is 0 Å². The summed E-state index contributed by atoms with van der Waals surface area (Å²) in [5.74, 6) is 5.74. The van der Waals surface area contributed by atoms with Gasteiger partial charge in [-0.25, -0.2) is 0 Å². The first-order valence-corrected chi connectivity index (χ1v) is 8.16. The molecule has 1 aromatic heterocycles. The van der Waals surface area contributed by atoms with Crippen LogP contribution in [0.25, 0.3) is 0 Å². The summed E-state index contributed by atoms with van der Waals surface area (Å²) in [5, 5.41) is 4.54. The molecule has 0 aliphatic heterocycles. The molecular weight excluding hydrogens is 328 g/mol. The van der Waals surface area contributed by atoms with E-state index in [1.54, 1.807) is 0 Å². The van der Waals surface area contributed by atoms with Crippen molar-refractivity contribution in [3.63, 3.8) is 0 Å². The summed E-state index contributed by atoms with van der Waals surface area (Å²) in [5.41, 5.74) is 6.54. The molecule has 1 unspecified atom stereocenters. The highest BCUT2D eigenvalue weighted by Crippen LogP contribution is 2.23. The van der Waals surface area contributed by atoms with Crippen molar-refractivity contribution in [2.75, 3.05) is 0 Å². The Morgan fingerprint density at radius 3 is 2.67 bits per heavy atom. The van der Waals surface area contributed by atoms with E-state index in [-0.39, 0.29) is 6.04 Å². The van der Waals surface area contributed by atoms with Gasteiger partial charge in [-0.2, -0.15) is 5.10 Å². The van der Waals surface area contributed by atoms with Crippen molar-refractivity contribution in [1.82, 2.24) is 15.2 Å². The van der Waals surface area contributed by atoms with Crippen molar-refractivity contribution in [3.05, 3.63) is 51.8 Å². The molecule has 1 aromatic carbocycles. The zero-order valence-electron chi connectivity index (χ0n) is 12.6. The van der Waals surface area contributed by atoms with Gasteiger partial charge in [0, 0.05) is 19.0 Å². The molecule has 0 bridgehead atoms. The molecule has 1 heterocycles. The second kappa shape index (κ2) is 7.73. The number of nitrogens with zero attached hydrogens (tertiary/aromatic N) is 2. The van der Waals surface area contributed by atoms with Gasteiger partial charge >= 0.3 is 0 Å². The number of hydrogen-bond acceptors (Lipinski definition) is 3. The first-order valence-electron chi connectivity index (χ1n) is 7.37. The fraction of sp³-hybridized carbons (Fsp3) is 0.438. The van der Waals surface area contributed by atoms with Crippen LogP contribution in [0.4, 0.5) is 0 Å². The third-order valence-electron chi connectivity index (χ3n) is 3.75. The van der Waals surface area contributed by atoms with Crippen LogP contribution in [0, 0.1) is 6.92 Å². The molecule has 0 radical (unpaired) electrons. The number of benzene rings is 1. The van der Waals surface area contributed by atoms with Crippen LogP contribution < -0.4 is 11.3 Å². The van der Waals surface area contributed by atoms with Crippen LogP contribution in [0.2, 0.25) is 0 Å². The fourth-order valence-electron chi connectivity index (χ4n) is 2.53. The van der Waals surface area contributed by atoms with E-state index in [9.17, 15) is 0 Å². The molecule has 2 aromatic rings. The Labute approximate surface area is 134 Å². The van der Waals surface area contributed by atoms with E-state index >= 15 is 0 Å². The number of hydrogen-bond donors (Lipinski definition) is 2. The summed E-state index contributed by atoms with van der Waals surface area (Å²) < 4.78 is 3.15. The molecule has 0 saturated carbocycles. The van der Waals surface area contributed by atoms with Gasteiger partial charge in [-0.15, -0.1) is 0 Å². The van der Waals surface area contributed by atoms with E-state index in [1.165, 1.54) is 11.3 Å². The smallest absolute Gasteiger partial charge is 0.0738 e. The van der Waals surface area contributed by atoms with Gasteiger partial charge in [-0.3, -0.25) is 16.0 Å². The monoisotopic (exact) mass is 350 g/mol. The van der Waals surface area contributed by atoms with Crippen molar-refractivity contribution in [2.24, 2.45) is 5.84 Å². The quantitative estimate of drug-likeness (QED) is 0.596. The Balaban J connectivity index is 2.02. The summed E-state index contributed by atoms with van der Waals surface area (Å²) in [7, 11) is 0. The lowest BCUT2D eigenvalue weighted by Crippen LogP contribution is -2.37. The van der Waals surface area contributed by atoms with E-state index in [1.807, 2.05) is 17.7 Å². The molecule has 21 heavy (non-hydrogen) atoms. The van der Waals surface area contributed by atoms with Gasteiger partial charge in [-0.05, 0) is 48.2 Å². The van der Waals surface area contributed by atoms with Crippen molar-refractivity contribution >= 4 is 15.9 Å². The Kier molecular flexibility index (Phi) is 5.96. The van der Waals surface area contributed by atoms with Gasteiger partial charge in [0.2, 0.25) is 0 Å². The maximum atomic E-state index is 5.74. The van der Waals surface area contributed by atoms with Gasteiger partial charge in [0.25, 0.3) is 0 Å². The molecular formula is C16H23BrN4. The summed E-state index contributed by atoms with van der Waals surface area (Å²) in [6, 6.07) is 10.7. The van der Waals surface area contributed by atoms with E-state index in [2.05, 4.69) is 57.6 Å². The van der Waals surface area contributed by atoms with E-state index in [0.717, 1.165) is 36.0 Å². The Morgan fingerprint density at radius 2 is 2.05 bits per heavy atom. The van der Waals surface area contributed by atoms with Crippen molar-refractivity contribution in [3.8, 4) is 0 Å². The van der Waals surface area contributed by atoms with Crippen LogP contribution in [-0.2, 0) is 19.4 Å². The highest BCUT2D eigenvalue weighted by molar-refractivity contribution is 9.10. The van der Waals surface area contributed by atoms with Crippen molar-refractivity contribution < 1.29 is 0 Å². The lowest BCUT2D eigenvalue weighted by molar-refractivity contribution is 0.470. The van der Waals surface area contributed by atoms with Crippen LogP contribution in [0.5, 0.6) is 0 Å². The third kappa shape index (κ3) is 4.15. The maximum Gasteiger partial charge on any atom is 0.0738 e. The average Bonchev–Trinajstić information content (AvgIpc) is 2.79. The van der Waals surface area contributed by atoms with Gasteiger partial charge in [-0.1, -0.05) is 30.3 Å². The second-order valence-electron chi connectivity index (χ2n) is 5.25. The number of aryl methyl sites for hydroxylation is 3. The number of aromatic nitrogens is 2. The molecule has 0 saturated heterocycles. The normalized spacial score (nSPS) is 12.6. The predicted octanol–water partition coefficient (Wildman–Crippen LogP) is 2.98. The van der Waals surface area contributed by atoms with Crippen molar-refractivity contribution in [1.29, 1.82) is 0 Å². The largest absolute Gasteiger partial charge is 0.271 e. The highest BCUT2D eigenvalue weighted by atomic mass is 79.9. The van der Waals surface area contributed by atoms with E-state index in [0.29, 0.717) is 0 Å². The Hall–Kier alpha value is -1.17. The van der Waals surface area contributed by atoms with Crippen LogP contribution in [0.15, 0.2) is 34.8 Å². The van der Waals surface area contributed by atoms with Gasteiger partial charge in [0.15, 0.2) is 0 Å². The zero-order valence-corrected chi connectivity index (χ0v) is 14.2. The summed E-state index contributed by atoms with van der Waals surface area (Å²) in [6.07, 6.45) is 2.89. The van der Waals surface area contributed by atoms with Gasteiger partial charge in [0.1, 0.15) is 0 Å². The molecule has 114 valence electrons. The summed E-state index contributed by atoms with van der Waals surface area (Å²) in [6.45, 7) is 5.00. The molecule has 0 aliphatic rings. The SMILES string of the molecule is CCn1nc(C)c(Br)c1CC(CCc1ccccc1)NN. The average molecular weight is 351 g/mol. The number of halogens is 1. The van der Waals surface area contributed by atoms with Crippen molar-refractivity contribution in [2.45, 2.75) is 45.7 Å². The topological polar surface area (TPSA) is 55.9 Å².